The van der Waals surface area contributed by atoms with Gasteiger partial charge in [-0.15, -0.1) is 0 Å². The molecule has 1 aliphatic heterocycles. The molecule has 180 valence electrons. The van der Waals surface area contributed by atoms with E-state index in [2.05, 4.69) is 22.0 Å². The number of benzene rings is 2. The van der Waals surface area contributed by atoms with Gasteiger partial charge in [-0.3, -0.25) is 14.8 Å². The molecule has 1 heterocycles. The second-order valence-electron chi connectivity index (χ2n) is 7.22. The number of ether oxygens (including phenoxy) is 1. The highest BCUT2D eigenvalue weighted by Gasteiger charge is 2.27. The number of alkyl halides is 3. The van der Waals surface area contributed by atoms with Crippen molar-refractivity contribution < 1.29 is 27.1 Å². The zero-order valence-electron chi connectivity index (χ0n) is 18.1. The van der Waals surface area contributed by atoms with Gasteiger partial charge in [0, 0.05) is 24.0 Å². The first-order chi connectivity index (χ1) is 16.3. The molecule has 0 aromatic heterocycles. The molecular formula is C23H23F4N5O2. The molecule has 34 heavy (non-hydrogen) atoms. The van der Waals surface area contributed by atoms with Crippen molar-refractivity contribution in [3.63, 3.8) is 0 Å². The minimum Gasteiger partial charge on any atom is -0.366 e. The number of allylic oxidation sites excluding steroid dienone is 1. The Hall–Kier alpha value is -3.73. The number of rotatable bonds is 9. The van der Waals surface area contributed by atoms with Crippen molar-refractivity contribution in [3.8, 4) is 0 Å². The molecule has 0 spiro atoms. The summed E-state index contributed by atoms with van der Waals surface area (Å²) in [6, 6.07) is 10.7. The lowest BCUT2D eigenvalue weighted by Gasteiger charge is -2.17. The number of aliphatic imine (C=N–C) groups is 2. The Morgan fingerprint density at radius 1 is 1.18 bits per heavy atom. The number of anilines is 2. The second-order valence-corrected chi connectivity index (χ2v) is 7.22. The van der Waals surface area contributed by atoms with Crippen molar-refractivity contribution in [1.82, 2.24) is 5.32 Å². The van der Waals surface area contributed by atoms with Crippen LogP contribution in [0.4, 0.5) is 28.9 Å². The first-order valence-electron chi connectivity index (χ1n) is 10.2. The summed E-state index contributed by atoms with van der Waals surface area (Å²) in [7, 11) is 0. The molecule has 11 heteroatoms. The molecule has 2 aromatic rings. The molecule has 0 saturated carbocycles. The topological polar surface area (TPSA) is 78.3 Å². The average Bonchev–Trinajstić information content (AvgIpc) is 3.34. The molecule has 1 saturated heterocycles. The molecule has 3 rings (SSSR count). The van der Waals surface area contributed by atoms with Gasteiger partial charge in [-0.25, -0.2) is 4.39 Å². The van der Waals surface area contributed by atoms with E-state index in [1.54, 1.807) is 35.2 Å². The van der Waals surface area contributed by atoms with E-state index in [1.165, 1.54) is 24.4 Å². The molecule has 2 aromatic carbocycles. The molecular weight excluding hydrogens is 454 g/mol. The van der Waals surface area contributed by atoms with Crippen molar-refractivity contribution in [2.45, 2.75) is 6.18 Å². The number of amides is 1. The van der Waals surface area contributed by atoms with Gasteiger partial charge in [0.2, 0.25) is 0 Å². The van der Waals surface area contributed by atoms with E-state index in [0.29, 0.717) is 42.5 Å². The highest BCUT2D eigenvalue weighted by molar-refractivity contribution is 6.09. The zero-order valence-corrected chi connectivity index (χ0v) is 18.1. The number of hydrogen-bond acceptors (Lipinski definition) is 6. The van der Waals surface area contributed by atoms with Gasteiger partial charge in [0.1, 0.15) is 25.8 Å². The van der Waals surface area contributed by atoms with Crippen LogP contribution in [0, 0.1) is 5.82 Å². The third-order valence-electron chi connectivity index (χ3n) is 4.80. The summed E-state index contributed by atoms with van der Waals surface area (Å²) in [5, 5.41) is 4.83. The summed E-state index contributed by atoms with van der Waals surface area (Å²) in [6.07, 6.45) is -1.48. The molecule has 0 bridgehead atoms. The Labute approximate surface area is 193 Å². The highest BCUT2D eigenvalue weighted by Crippen LogP contribution is 2.24. The maximum Gasteiger partial charge on any atom is 0.405 e. The smallest absolute Gasteiger partial charge is 0.366 e. The fraction of sp³-hybridized carbons (Fsp3) is 0.261. The molecule has 0 radical (unpaired) electrons. The summed E-state index contributed by atoms with van der Waals surface area (Å²) >= 11 is 0. The molecule has 1 amide bonds. The molecule has 1 aliphatic rings. The first-order valence-corrected chi connectivity index (χ1v) is 10.2. The molecule has 7 nitrogen and oxygen atoms in total. The predicted molar refractivity (Wildman–Crippen MR) is 123 cm³/mol. The van der Waals surface area contributed by atoms with Gasteiger partial charge in [0.05, 0.1) is 18.0 Å². The summed E-state index contributed by atoms with van der Waals surface area (Å²) in [6.45, 7) is 3.61. The number of nitrogens with one attached hydrogen (secondary N) is 2. The van der Waals surface area contributed by atoms with Crippen LogP contribution < -0.4 is 15.5 Å². The Balaban J connectivity index is 1.66. The van der Waals surface area contributed by atoms with Crippen molar-refractivity contribution in [2.24, 2.45) is 9.98 Å². The van der Waals surface area contributed by atoms with Crippen LogP contribution in [0.5, 0.6) is 0 Å². The van der Waals surface area contributed by atoms with Crippen LogP contribution in [0.2, 0.25) is 0 Å². The second kappa shape index (κ2) is 11.4. The van der Waals surface area contributed by atoms with Crippen molar-refractivity contribution in [2.75, 3.05) is 43.3 Å². The predicted octanol–water partition coefficient (Wildman–Crippen LogP) is 3.98. The maximum atomic E-state index is 14.4. The molecule has 0 aliphatic carbocycles. The first kappa shape index (κ1) is 24.9. The average molecular weight is 477 g/mol. The van der Waals surface area contributed by atoms with Gasteiger partial charge in [0.15, 0.2) is 0 Å². The van der Waals surface area contributed by atoms with E-state index in [9.17, 15) is 22.4 Å². The van der Waals surface area contributed by atoms with Crippen LogP contribution >= 0.6 is 0 Å². The number of nitrogens with zero attached hydrogens (tertiary/aromatic N) is 3. The van der Waals surface area contributed by atoms with Crippen LogP contribution in [-0.2, 0) is 4.74 Å². The van der Waals surface area contributed by atoms with Crippen LogP contribution in [0.1, 0.15) is 15.9 Å². The van der Waals surface area contributed by atoms with E-state index in [4.69, 9.17) is 4.74 Å². The normalized spacial score (nSPS) is 14.5. The van der Waals surface area contributed by atoms with Gasteiger partial charge in [0.25, 0.3) is 5.91 Å². The molecule has 2 N–H and O–H groups in total. The Bertz CT molecular complexity index is 1060. The van der Waals surface area contributed by atoms with Gasteiger partial charge >= 0.3 is 6.18 Å². The Morgan fingerprint density at radius 3 is 2.53 bits per heavy atom. The summed E-state index contributed by atoms with van der Waals surface area (Å²) in [5.41, 5.74) is 2.16. The van der Waals surface area contributed by atoms with E-state index in [-0.39, 0.29) is 18.0 Å². The number of carbonyl (C=O) groups is 1. The minimum absolute atomic E-state index is 0.0790. The van der Waals surface area contributed by atoms with Crippen molar-refractivity contribution >= 4 is 29.7 Å². The number of carbonyl (C=O) groups excluding carboxylic acids is 1. The Morgan fingerprint density at radius 2 is 1.91 bits per heavy atom. The van der Waals surface area contributed by atoms with Crippen molar-refractivity contribution in [3.05, 3.63) is 71.7 Å². The quantitative estimate of drug-likeness (QED) is 0.423. The summed E-state index contributed by atoms with van der Waals surface area (Å²) in [4.78, 5) is 21.8. The van der Waals surface area contributed by atoms with E-state index in [1.807, 2.05) is 5.32 Å². The SMILES string of the molecule is C=N/C=C\C(=N/CNc1ccc(N2CCOC2)c(F)c1)c1ccc(C(=O)NCC(F)(F)F)cc1. The summed E-state index contributed by atoms with van der Waals surface area (Å²) in [5.74, 6) is -1.21. The van der Waals surface area contributed by atoms with Crippen LogP contribution in [0.15, 0.2) is 64.7 Å². The van der Waals surface area contributed by atoms with Gasteiger partial charge in [-0.1, -0.05) is 12.1 Å². The van der Waals surface area contributed by atoms with E-state index in [0.717, 1.165) is 0 Å². The molecule has 0 atom stereocenters. The lowest BCUT2D eigenvalue weighted by atomic mass is 10.1. The zero-order chi connectivity index (χ0) is 24.6. The third-order valence-corrected chi connectivity index (χ3v) is 4.80. The van der Waals surface area contributed by atoms with E-state index < -0.39 is 18.6 Å². The minimum atomic E-state index is -4.49. The van der Waals surface area contributed by atoms with Crippen LogP contribution in [0.25, 0.3) is 0 Å². The largest absolute Gasteiger partial charge is 0.405 e. The van der Waals surface area contributed by atoms with Crippen LogP contribution in [-0.4, -0.2) is 57.6 Å². The highest BCUT2D eigenvalue weighted by atomic mass is 19.4. The van der Waals surface area contributed by atoms with Crippen LogP contribution in [0.3, 0.4) is 0 Å². The monoisotopic (exact) mass is 477 g/mol. The van der Waals surface area contributed by atoms with Crippen molar-refractivity contribution in [1.29, 1.82) is 0 Å². The van der Waals surface area contributed by atoms with E-state index >= 15 is 0 Å². The molecule has 1 fully saturated rings. The number of hydrogen-bond donors (Lipinski definition) is 2. The van der Waals surface area contributed by atoms with Gasteiger partial charge < -0.3 is 20.3 Å². The lowest BCUT2D eigenvalue weighted by Crippen LogP contribution is -2.33. The molecule has 0 unspecified atom stereocenters. The summed E-state index contributed by atoms with van der Waals surface area (Å²) < 4.78 is 56.6. The lowest BCUT2D eigenvalue weighted by molar-refractivity contribution is -0.123. The standard InChI is InChI=1S/C23H23F4N5O2/c1-28-9-8-20(16-2-4-17(5-3-16)22(33)29-13-23(25,26)27)31-14-30-18-6-7-21(19(24)12-18)32-10-11-34-15-32/h2-9,12,30H,1,10-11,13-15H2,(H,29,33)/b9-8-,31-20+. The third kappa shape index (κ3) is 7.14. The van der Waals surface area contributed by atoms with Gasteiger partial charge in [-0.2, -0.15) is 13.2 Å². The fourth-order valence-electron chi connectivity index (χ4n) is 3.13. The Kier molecular flexibility index (Phi) is 8.36. The van der Waals surface area contributed by atoms with Gasteiger partial charge in [-0.05, 0) is 48.7 Å². The maximum absolute atomic E-state index is 14.4. The number of halogens is 4. The fourth-order valence-corrected chi connectivity index (χ4v) is 3.13.